The first-order valence-corrected chi connectivity index (χ1v) is 11.3. The lowest BCUT2D eigenvalue weighted by atomic mass is 10.0. The zero-order valence-electron chi connectivity index (χ0n) is 19.5. The number of piperazine rings is 1. The van der Waals surface area contributed by atoms with Crippen LogP contribution in [-0.2, 0) is 16.1 Å². The Bertz CT molecular complexity index is 1170. The van der Waals surface area contributed by atoms with Gasteiger partial charge in [0.25, 0.3) is 0 Å². The van der Waals surface area contributed by atoms with E-state index in [0.29, 0.717) is 32.7 Å². The van der Waals surface area contributed by atoms with E-state index in [1.165, 1.54) is 16.7 Å². The van der Waals surface area contributed by atoms with Gasteiger partial charge in [-0.3, -0.25) is 14.3 Å². The van der Waals surface area contributed by atoms with Crippen LogP contribution in [0, 0.1) is 13.8 Å². The molecule has 0 radical (unpaired) electrons. The topological polar surface area (TPSA) is 58.4 Å². The van der Waals surface area contributed by atoms with Gasteiger partial charge in [-0.05, 0) is 42.7 Å². The Hall–Kier alpha value is -3.67. The Morgan fingerprint density at radius 3 is 2.30 bits per heavy atom. The smallest absolute Gasteiger partial charge is 0.246 e. The van der Waals surface area contributed by atoms with Gasteiger partial charge in [0, 0.05) is 56.5 Å². The van der Waals surface area contributed by atoms with Crippen molar-refractivity contribution in [1.29, 1.82) is 0 Å². The van der Waals surface area contributed by atoms with Crippen LogP contribution < -0.4 is 0 Å². The minimum absolute atomic E-state index is 0.0416. The van der Waals surface area contributed by atoms with E-state index in [-0.39, 0.29) is 11.8 Å². The van der Waals surface area contributed by atoms with Crippen LogP contribution in [0.2, 0.25) is 0 Å². The summed E-state index contributed by atoms with van der Waals surface area (Å²) in [5.74, 6) is 0.0153. The molecule has 170 valence electrons. The second-order valence-electron chi connectivity index (χ2n) is 8.58. The molecule has 0 aliphatic carbocycles. The molecule has 33 heavy (non-hydrogen) atoms. The van der Waals surface area contributed by atoms with Crippen molar-refractivity contribution in [2.24, 2.45) is 0 Å². The molecule has 0 unspecified atom stereocenters. The first kappa shape index (κ1) is 22.5. The number of benzene rings is 2. The van der Waals surface area contributed by atoms with E-state index in [0.717, 1.165) is 16.8 Å². The maximum Gasteiger partial charge on any atom is 0.246 e. The molecule has 6 nitrogen and oxygen atoms in total. The minimum Gasteiger partial charge on any atom is -0.339 e. The predicted molar refractivity (Wildman–Crippen MR) is 131 cm³/mol. The monoisotopic (exact) mass is 442 g/mol. The molecule has 1 saturated heterocycles. The average molecular weight is 443 g/mol. The molecule has 2 amide bonds. The van der Waals surface area contributed by atoms with Crippen LogP contribution in [0.25, 0.3) is 17.3 Å². The Kier molecular flexibility index (Phi) is 6.73. The zero-order valence-corrected chi connectivity index (χ0v) is 19.5. The number of aryl methyl sites for hydroxylation is 2. The maximum atomic E-state index is 12.8. The number of carbonyl (C=O) groups is 2. The highest BCUT2D eigenvalue weighted by atomic mass is 16.2. The van der Waals surface area contributed by atoms with Crippen molar-refractivity contribution in [2.45, 2.75) is 27.3 Å². The molecular weight excluding hydrogens is 412 g/mol. The maximum absolute atomic E-state index is 12.8. The molecule has 1 fully saturated rings. The van der Waals surface area contributed by atoms with Crippen molar-refractivity contribution < 1.29 is 9.59 Å². The number of aromatic nitrogens is 2. The fourth-order valence-corrected chi connectivity index (χ4v) is 4.03. The second kappa shape index (κ2) is 9.86. The molecule has 0 N–H and O–H groups in total. The highest BCUT2D eigenvalue weighted by Gasteiger charge is 2.21. The number of amides is 2. The number of carbonyl (C=O) groups excluding carboxylic acids is 2. The Morgan fingerprint density at radius 1 is 0.939 bits per heavy atom. The molecule has 0 atom stereocenters. The molecule has 0 bridgehead atoms. The molecule has 6 heteroatoms. The van der Waals surface area contributed by atoms with E-state index >= 15 is 0 Å². The van der Waals surface area contributed by atoms with Gasteiger partial charge in [0.1, 0.15) is 0 Å². The van der Waals surface area contributed by atoms with Gasteiger partial charge in [0.2, 0.25) is 11.8 Å². The average Bonchev–Trinajstić information content (AvgIpc) is 3.22. The number of hydrogen-bond donors (Lipinski definition) is 0. The summed E-state index contributed by atoms with van der Waals surface area (Å²) in [7, 11) is 0. The highest BCUT2D eigenvalue weighted by Crippen LogP contribution is 2.26. The lowest BCUT2D eigenvalue weighted by Gasteiger charge is -2.33. The van der Waals surface area contributed by atoms with E-state index in [1.54, 1.807) is 22.8 Å². The lowest BCUT2D eigenvalue weighted by molar-refractivity contribution is -0.135. The number of nitrogens with zero attached hydrogens (tertiary/aromatic N) is 4. The van der Waals surface area contributed by atoms with Crippen LogP contribution in [0.3, 0.4) is 0 Å². The Morgan fingerprint density at radius 2 is 1.64 bits per heavy atom. The number of hydrogen-bond acceptors (Lipinski definition) is 3. The molecular formula is C27H30N4O2. The molecule has 4 rings (SSSR count). The first-order valence-electron chi connectivity index (χ1n) is 11.3. The van der Waals surface area contributed by atoms with Crippen molar-refractivity contribution in [3.8, 4) is 11.3 Å². The van der Waals surface area contributed by atoms with Crippen molar-refractivity contribution in [2.75, 3.05) is 26.2 Å². The molecule has 0 saturated carbocycles. The molecule has 1 aliphatic rings. The third-order valence-electron chi connectivity index (χ3n) is 6.20. The second-order valence-corrected chi connectivity index (χ2v) is 8.58. The SMILES string of the molecule is CC(=O)N1CCN(C(=O)C=Cc2cn(Cc3ccccc3)nc2-c2ccc(C)c(C)c2)CC1. The fraction of sp³-hybridized carbons (Fsp3) is 0.296. The van der Waals surface area contributed by atoms with Gasteiger partial charge < -0.3 is 9.80 Å². The van der Waals surface area contributed by atoms with Gasteiger partial charge in [-0.1, -0.05) is 42.5 Å². The fourth-order valence-electron chi connectivity index (χ4n) is 4.03. The van der Waals surface area contributed by atoms with Gasteiger partial charge in [0.05, 0.1) is 12.2 Å². The van der Waals surface area contributed by atoms with Gasteiger partial charge >= 0.3 is 0 Å². The molecule has 1 aromatic heterocycles. The lowest BCUT2D eigenvalue weighted by Crippen LogP contribution is -2.49. The van der Waals surface area contributed by atoms with Crippen molar-refractivity contribution in [3.63, 3.8) is 0 Å². The first-order chi connectivity index (χ1) is 15.9. The van der Waals surface area contributed by atoms with E-state index < -0.39 is 0 Å². The van der Waals surface area contributed by atoms with Crippen LogP contribution >= 0.6 is 0 Å². The van der Waals surface area contributed by atoms with Crippen molar-refractivity contribution in [3.05, 3.63) is 83.1 Å². The van der Waals surface area contributed by atoms with Crippen LogP contribution in [0.5, 0.6) is 0 Å². The van der Waals surface area contributed by atoms with Crippen molar-refractivity contribution in [1.82, 2.24) is 19.6 Å². The zero-order chi connectivity index (χ0) is 23.4. The highest BCUT2D eigenvalue weighted by molar-refractivity contribution is 5.93. The van der Waals surface area contributed by atoms with Crippen molar-refractivity contribution >= 4 is 17.9 Å². The standard InChI is InChI=1S/C27H30N4O2/c1-20-9-10-24(17-21(20)2)27-25(19-31(28-27)18-23-7-5-4-6-8-23)11-12-26(33)30-15-13-29(14-16-30)22(3)32/h4-12,17,19H,13-16,18H2,1-3H3. The van der Waals surface area contributed by atoms with Crippen LogP contribution in [0.15, 0.2) is 60.8 Å². The molecule has 2 heterocycles. The number of rotatable bonds is 5. The summed E-state index contributed by atoms with van der Waals surface area (Å²) in [6.07, 6.45) is 5.48. The van der Waals surface area contributed by atoms with Crippen LogP contribution in [0.1, 0.15) is 29.2 Å². The third-order valence-corrected chi connectivity index (χ3v) is 6.20. The van der Waals surface area contributed by atoms with E-state index in [2.05, 4.69) is 44.2 Å². The quantitative estimate of drug-likeness (QED) is 0.563. The molecule has 2 aromatic carbocycles. The summed E-state index contributed by atoms with van der Waals surface area (Å²) in [5, 5.41) is 4.86. The Balaban J connectivity index is 1.58. The molecule has 1 aliphatic heterocycles. The summed E-state index contributed by atoms with van der Waals surface area (Å²) in [5.41, 5.74) is 6.41. The Labute approximate surface area is 195 Å². The van der Waals surface area contributed by atoms with Crippen LogP contribution in [-0.4, -0.2) is 57.6 Å². The van der Waals surface area contributed by atoms with E-state index in [1.807, 2.05) is 35.2 Å². The summed E-state index contributed by atoms with van der Waals surface area (Å²) in [6, 6.07) is 16.5. The minimum atomic E-state index is -0.0416. The van der Waals surface area contributed by atoms with Gasteiger partial charge in [0.15, 0.2) is 0 Å². The molecule has 3 aromatic rings. The van der Waals surface area contributed by atoms with E-state index in [9.17, 15) is 9.59 Å². The largest absolute Gasteiger partial charge is 0.339 e. The molecule has 0 spiro atoms. The summed E-state index contributed by atoms with van der Waals surface area (Å²) < 4.78 is 1.93. The summed E-state index contributed by atoms with van der Waals surface area (Å²) in [6.45, 7) is 8.69. The normalized spacial score (nSPS) is 14.2. The van der Waals surface area contributed by atoms with Gasteiger partial charge in [-0.25, -0.2) is 0 Å². The summed E-state index contributed by atoms with van der Waals surface area (Å²) >= 11 is 0. The van der Waals surface area contributed by atoms with E-state index in [4.69, 9.17) is 5.10 Å². The van der Waals surface area contributed by atoms with Crippen LogP contribution in [0.4, 0.5) is 0 Å². The van der Waals surface area contributed by atoms with Gasteiger partial charge in [-0.2, -0.15) is 5.10 Å². The third kappa shape index (κ3) is 5.40. The van der Waals surface area contributed by atoms with Gasteiger partial charge in [-0.15, -0.1) is 0 Å². The predicted octanol–water partition coefficient (Wildman–Crippen LogP) is 3.92. The summed E-state index contributed by atoms with van der Waals surface area (Å²) in [4.78, 5) is 27.9.